The third-order valence-corrected chi connectivity index (χ3v) is 3.08. The van der Waals surface area contributed by atoms with Crippen LogP contribution < -0.4 is 5.73 Å². The molecule has 0 bridgehead atoms. The fourth-order valence-corrected chi connectivity index (χ4v) is 2.21. The third kappa shape index (κ3) is 3.42. The summed E-state index contributed by atoms with van der Waals surface area (Å²) in [6, 6.07) is 0. The van der Waals surface area contributed by atoms with Gasteiger partial charge in [0.1, 0.15) is 0 Å². The van der Waals surface area contributed by atoms with Gasteiger partial charge in [0.05, 0.1) is 30.6 Å². The maximum absolute atomic E-state index is 9.95. The van der Waals surface area contributed by atoms with E-state index in [1.165, 1.54) is 0 Å². The maximum Gasteiger partial charge on any atom is 0.0862 e. The molecule has 96 valence electrons. The minimum Gasteiger partial charge on any atom is -0.396 e. The normalized spacial score (nSPS) is 23.1. The number of β-amino-alcohol motifs (C(OH)–C–C–N with tert-alkyl or cyclic N) is 1. The predicted molar refractivity (Wildman–Crippen MR) is 64.5 cm³/mol. The van der Waals surface area contributed by atoms with E-state index in [0.717, 1.165) is 19.5 Å². The van der Waals surface area contributed by atoms with Gasteiger partial charge < -0.3 is 15.6 Å². The first-order valence-electron chi connectivity index (χ1n) is 5.88. The smallest absolute Gasteiger partial charge is 0.0862 e. The van der Waals surface area contributed by atoms with E-state index < -0.39 is 6.10 Å². The number of aliphatic hydroxyl groups excluding tert-OH is 1. The summed E-state index contributed by atoms with van der Waals surface area (Å²) in [6.45, 7) is 3.01. The molecule has 1 aromatic heterocycles. The molecule has 2 rings (SSSR count). The van der Waals surface area contributed by atoms with Gasteiger partial charge in [0, 0.05) is 32.9 Å². The summed E-state index contributed by atoms with van der Waals surface area (Å²) < 4.78 is 6.96. The molecule has 17 heavy (non-hydrogen) atoms. The van der Waals surface area contributed by atoms with Crippen molar-refractivity contribution < 1.29 is 9.84 Å². The Labute approximate surface area is 101 Å². The molecule has 0 spiro atoms. The van der Waals surface area contributed by atoms with Gasteiger partial charge in [0.15, 0.2) is 0 Å². The highest BCUT2D eigenvalue weighted by Gasteiger charge is 2.23. The van der Waals surface area contributed by atoms with E-state index in [0.29, 0.717) is 24.9 Å². The lowest BCUT2D eigenvalue weighted by Gasteiger charge is -2.19. The average molecular weight is 240 g/mol. The largest absolute Gasteiger partial charge is 0.396 e. The number of methoxy groups -OCH3 is 1. The SMILES string of the molecule is COC1CCN(CC(O)Cn2cc(N)cn2)C1. The van der Waals surface area contributed by atoms with Gasteiger partial charge in [-0.3, -0.25) is 9.58 Å². The van der Waals surface area contributed by atoms with E-state index in [9.17, 15) is 5.11 Å². The molecular formula is C11H20N4O2. The third-order valence-electron chi connectivity index (χ3n) is 3.08. The van der Waals surface area contributed by atoms with Gasteiger partial charge in [-0.15, -0.1) is 0 Å². The Morgan fingerprint density at radius 1 is 1.65 bits per heavy atom. The molecule has 2 unspecified atom stereocenters. The summed E-state index contributed by atoms with van der Waals surface area (Å²) in [4.78, 5) is 2.21. The van der Waals surface area contributed by atoms with Crippen LogP contribution >= 0.6 is 0 Å². The topological polar surface area (TPSA) is 76.5 Å². The zero-order valence-electron chi connectivity index (χ0n) is 10.1. The molecule has 2 atom stereocenters. The second-order valence-corrected chi connectivity index (χ2v) is 4.56. The Hall–Kier alpha value is -1.11. The highest BCUT2D eigenvalue weighted by Crippen LogP contribution is 2.12. The fourth-order valence-electron chi connectivity index (χ4n) is 2.21. The Balaban J connectivity index is 1.76. The molecule has 1 aliphatic rings. The molecule has 1 fully saturated rings. The van der Waals surface area contributed by atoms with E-state index in [1.54, 1.807) is 24.2 Å². The number of rotatable bonds is 5. The van der Waals surface area contributed by atoms with Gasteiger partial charge in [0.25, 0.3) is 0 Å². The molecule has 1 aromatic rings. The van der Waals surface area contributed by atoms with Gasteiger partial charge in [-0.1, -0.05) is 0 Å². The zero-order chi connectivity index (χ0) is 12.3. The van der Waals surface area contributed by atoms with Crippen LogP contribution in [-0.2, 0) is 11.3 Å². The Kier molecular flexibility index (Phi) is 3.98. The van der Waals surface area contributed by atoms with Crippen LogP contribution in [0.5, 0.6) is 0 Å². The van der Waals surface area contributed by atoms with Gasteiger partial charge in [0.2, 0.25) is 0 Å². The number of aliphatic hydroxyl groups is 1. The monoisotopic (exact) mass is 240 g/mol. The van der Waals surface area contributed by atoms with Crippen molar-refractivity contribution in [1.82, 2.24) is 14.7 Å². The van der Waals surface area contributed by atoms with Crippen LogP contribution in [0.4, 0.5) is 5.69 Å². The number of aromatic nitrogens is 2. The van der Waals surface area contributed by atoms with Crippen LogP contribution in [0.25, 0.3) is 0 Å². The lowest BCUT2D eigenvalue weighted by Crippen LogP contribution is -2.34. The van der Waals surface area contributed by atoms with Gasteiger partial charge >= 0.3 is 0 Å². The fraction of sp³-hybridized carbons (Fsp3) is 0.727. The van der Waals surface area contributed by atoms with Crippen LogP contribution in [-0.4, -0.2) is 58.7 Å². The lowest BCUT2D eigenvalue weighted by molar-refractivity contribution is 0.0819. The summed E-state index contributed by atoms with van der Waals surface area (Å²) in [5.74, 6) is 0. The van der Waals surface area contributed by atoms with Gasteiger partial charge in [-0.25, -0.2) is 0 Å². The molecule has 0 aromatic carbocycles. The van der Waals surface area contributed by atoms with Crippen molar-refractivity contribution in [2.75, 3.05) is 32.5 Å². The molecule has 1 saturated heterocycles. The van der Waals surface area contributed by atoms with Gasteiger partial charge in [-0.05, 0) is 6.42 Å². The minimum absolute atomic E-state index is 0.308. The quantitative estimate of drug-likeness (QED) is 0.729. The first-order valence-corrected chi connectivity index (χ1v) is 5.88. The molecule has 0 radical (unpaired) electrons. The standard InChI is InChI=1S/C11H20N4O2/c1-17-11-2-3-14(8-11)6-10(16)7-15-5-9(12)4-13-15/h4-5,10-11,16H,2-3,6-8,12H2,1H3. The van der Waals surface area contributed by atoms with E-state index in [-0.39, 0.29) is 0 Å². The highest BCUT2D eigenvalue weighted by molar-refractivity contribution is 5.30. The van der Waals surface area contributed by atoms with Crippen molar-refractivity contribution in [1.29, 1.82) is 0 Å². The van der Waals surface area contributed by atoms with Gasteiger partial charge in [-0.2, -0.15) is 5.10 Å². The van der Waals surface area contributed by atoms with E-state index in [2.05, 4.69) is 10.00 Å². The summed E-state index contributed by atoms with van der Waals surface area (Å²) in [5.41, 5.74) is 6.19. The maximum atomic E-state index is 9.95. The van der Waals surface area contributed by atoms with Crippen molar-refractivity contribution in [2.24, 2.45) is 0 Å². The van der Waals surface area contributed by atoms with Crippen molar-refractivity contribution >= 4 is 5.69 Å². The number of ether oxygens (including phenoxy) is 1. The highest BCUT2D eigenvalue weighted by atomic mass is 16.5. The van der Waals surface area contributed by atoms with E-state index >= 15 is 0 Å². The molecule has 3 N–H and O–H groups in total. The molecule has 0 aliphatic carbocycles. The number of nitrogens with zero attached hydrogens (tertiary/aromatic N) is 3. The Morgan fingerprint density at radius 3 is 3.06 bits per heavy atom. The number of nitrogen functional groups attached to an aromatic ring is 1. The van der Waals surface area contributed by atoms with Crippen LogP contribution in [0.3, 0.4) is 0 Å². The number of anilines is 1. The average Bonchev–Trinajstić information content (AvgIpc) is 2.88. The zero-order valence-corrected chi connectivity index (χ0v) is 10.1. The lowest BCUT2D eigenvalue weighted by atomic mass is 10.3. The van der Waals surface area contributed by atoms with Crippen molar-refractivity contribution in [3.8, 4) is 0 Å². The molecule has 2 heterocycles. The molecular weight excluding hydrogens is 220 g/mol. The van der Waals surface area contributed by atoms with E-state index in [1.807, 2.05) is 0 Å². The number of hydrogen-bond donors (Lipinski definition) is 2. The predicted octanol–water partition coefficient (Wildman–Crippen LogP) is -0.453. The minimum atomic E-state index is -0.426. The van der Waals surface area contributed by atoms with E-state index in [4.69, 9.17) is 10.5 Å². The molecule has 6 nitrogen and oxygen atoms in total. The van der Waals surface area contributed by atoms with Crippen molar-refractivity contribution in [3.05, 3.63) is 12.4 Å². The summed E-state index contributed by atoms with van der Waals surface area (Å²) in [6.07, 6.45) is 4.24. The second kappa shape index (κ2) is 5.48. The van der Waals surface area contributed by atoms with Crippen LogP contribution in [0.15, 0.2) is 12.4 Å². The molecule has 0 saturated carbocycles. The van der Waals surface area contributed by atoms with Crippen LogP contribution in [0, 0.1) is 0 Å². The van der Waals surface area contributed by atoms with Crippen molar-refractivity contribution in [2.45, 2.75) is 25.2 Å². The molecule has 6 heteroatoms. The van der Waals surface area contributed by atoms with Crippen molar-refractivity contribution in [3.63, 3.8) is 0 Å². The van der Waals surface area contributed by atoms with Crippen LogP contribution in [0.2, 0.25) is 0 Å². The van der Waals surface area contributed by atoms with Crippen LogP contribution in [0.1, 0.15) is 6.42 Å². The summed E-state index contributed by atoms with van der Waals surface area (Å²) in [5, 5.41) is 14.0. The number of hydrogen-bond acceptors (Lipinski definition) is 5. The summed E-state index contributed by atoms with van der Waals surface area (Å²) in [7, 11) is 1.73. The number of nitrogens with two attached hydrogens (primary N) is 1. The number of likely N-dealkylation sites (tertiary alicyclic amines) is 1. The Bertz CT molecular complexity index is 355. The first-order chi connectivity index (χ1) is 8.17. The summed E-state index contributed by atoms with van der Waals surface area (Å²) >= 11 is 0. The second-order valence-electron chi connectivity index (χ2n) is 4.56. The Morgan fingerprint density at radius 2 is 2.47 bits per heavy atom. The molecule has 1 aliphatic heterocycles. The molecule has 0 amide bonds. The first kappa shape index (κ1) is 12.3.